The lowest BCUT2D eigenvalue weighted by Crippen LogP contribution is -2.33. The van der Waals surface area contributed by atoms with Crippen molar-refractivity contribution in [3.63, 3.8) is 0 Å². The lowest BCUT2D eigenvalue weighted by atomic mass is 10.1. The number of aryl methyl sites for hydroxylation is 1. The Bertz CT molecular complexity index is 950. The van der Waals surface area contributed by atoms with Crippen molar-refractivity contribution in [2.45, 2.75) is 13.5 Å². The van der Waals surface area contributed by atoms with Gasteiger partial charge in [0.05, 0.1) is 6.33 Å². The number of amides is 1. The fourth-order valence-electron chi connectivity index (χ4n) is 2.46. The monoisotopic (exact) mass is 337 g/mol. The van der Waals surface area contributed by atoms with E-state index in [4.69, 9.17) is 4.74 Å². The van der Waals surface area contributed by atoms with Crippen molar-refractivity contribution in [1.29, 1.82) is 0 Å². The van der Waals surface area contributed by atoms with Crippen LogP contribution in [0.5, 0.6) is 5.75 Å². The number of fused-ring (bicyclic) bond motifs is 1. The average molecular weight is 337 g/mol. The van der Waals surface area contributed by atoms with Gasteiger partial charge in [-0.05, 0) is 29.8 Å². The third kappa shape index (κ3) is 4.44. The summed E-state index contributed by atoms with van der Waals surface area (Å²) in [7, 11) is 0. The van der Waals surface area contributed by atoms with Crippen LogP contribution in [-0.4, -0.2) is 28.6 Å². The molecule has 0 aliphatic rings. The van der Waals surface area contributed by atoms with Gasteiger partial charge in [0.25, 0.3) is 11.5 Å². The minimum absolute atomic E-state index is 0.0701. The first-order valence-electron chi connectivity index (χ1n) is 8.03. The van der Waals surface area contributed by atoms with Crippen LogP contribution < -0.4 is 15.6 Å². The summed E-state index contributed by atoms with van der Waals surface area (Å²) >= 11 is 0. The van der Waals surface area contributed by atoms with E-state index in [1.807, 2.05) is 42.5 Å². The van der Waals surface area contributed by atoms with E-state index >= 15 is 0 Å². The van der Waals surface area contributed by atoms with E-state index in [2.05, 4.69) is 10.3 Å². The summed E-state index contributed by atoms with van der Waals surface area (Å²) in [6.07, 6.45) is 1.48. The fraction of sp³-hybridized carbons (Fsp3) is 0.211. The molecule has 0 spiro atoms. The molecule has 0 unspecified atom stereocenters. The smallest absolute Gasteiger partial charge is 0.258 e. The minimum atomic E-state index is -0.235. The predicted octanol–water partition coefficient (Wildman–Crippen LogP) is 1.90. The van der Waals surface area contributed by atoms with Gasteiger partial charge in [0.15, 0.2) is 6.61 Å². The summed E-state index contributed by atoms with van der Waals surface area (Å²) in [5, 5.41) is 4.91. The first-order chi connectivity index (χ1) is 12.1. The molecule has 3 aromatic rings. The standard InChI is InChI=1S/C19H19N3O3/c1-14-10-19(24)22(13-21-14)9-8-20-18(23)12-25-17-7-6-15-4-2-3-5-16(15)11-17/h2-7,10-11,13H,8-9,12H2,1H3,(H,20,23). The lowest BCUT2D eigenvalue weighted by molar-refractivity contribution is -0.123. The van der Waals surface area contributed by atoms with E-state index in [-0.39, 0.29) is 18.1 Å². The van der Waals surface area contributed by atoms with Crippen molar-refractivity contribution >= 4 is 16.7 Å². The number of hydrogen-bond acceptors (Lipinski definition) is 4. The van der Waals surface area contributed by atoms with Gasteiger partial charge in [-0.1, -0.05) is 30.3 Å². The van der Waals surface area contributed by atoms with Gasteiger partial charge in [0.2, 0.25) is 0 Å². The van der Waals surface area contributed by atoms with Crippen molar-refractivity contribution in [3.8, 4) is 5.75 Å². The SMILES string of the molecule is Cc1cc(=O)n(CCNC(=O)COc2ccc3ccccc3c2)cn1. The molecule has 0 aliphatic carbocycles. The molecule has 1 aromatic heterocycles. The van der Waals surface area contributed by atoms with Crippen molar-refractivity contribution in [1.82, 2.24) is 14.9 Å². The highest BCUT2D eigenvalue weighted by Crippen LogP contribution is 2.20. The topological polar surface area (TPSA) is 73.2 Å². The minimum Gasteiger partial charge on any atom is -0.484 e. The fourth-order valence-corrected chi connectivity index (χ4v) is 2.46. The van der Waals surface area contributed by atoms with E-state index in [0.717, 1.165) is 10.8 Å². The van der Waals surface area contributed by atoms with E-state index in [0.29, 0.717) is 24.5 Å². The summed E-state index contributed by atoms with van der Waals surface area (Å²) in [6.45, 7) is 2.40. The van der Waals surface area contributed by atoms with Crippen LogP contribution in [0.2, 0.25) is 0 Å². The Morgan fingerprint density at radius 1 is 1.16 bits per heavy atom. The molecule has 0 bridgehead atoms. The summed E-state index contributed by atoms with van der Waals surface area (Å²) in [5.74, 6) is 0.411. The molecule has 1 N–H and O–H groups in total. The Morgan fingerprint density at radius 3 is 2.76 bits per heavy atom. The second-order valence-electron chi connectivity index (χ2n) is 5.71. The molecule has 1 heterocycles. The zero-order valence-corrected chi connectivity index (χ0v) is 13.9. The maximum Gasteiger partial charge on any atom is 0.258 e. The zero-order chi connectivity index (χ0) is 17.6. The van der Waals surface area contributed by atoms with Crippen molar-refractivity contribution < 1.29 is 9.53 Å². The van der Waals surface area contributed by atoms with E-state index in [1.165, 1.54) is 17.0 Å². The molecule has 2 aromatic carbocycles. The highest BCUT2D eigenvalue weighted by atomic mass is 16.5. The van der Waals surface area contributed by atoms with Gasteiger partial charge < -0.3 is 10.1 Å². The molecular formula is C19H19N3O3. The Labute approximate surface area is 145 Å². The van der Waals surface area contributed by atoms with Gasteiger partial charge >= 0.3 is 0 Å². The van der Waals surface area contributed by atoms with Crippen LogP contribution in [0.1, 0.15) is 5.69 Å². The maximum absolute atomic E-state index is 11.9. The van der Waals surface area contributed by atoms with Gasteiger partial charge in [0, 0.05) is 24.8 Å². The predicted molar refractivity (Wildman–Crippen MR) is 95.7 cm³/mol. The summed E-state index contributed by atoms with van der Waals surface area (Å²) < 4.78 is 6.98. The maximum atomic E-state index is 11.9. The summed E-state index contributed by atoms with van der Waals surface area (Å²) in [5.41, 5.74) is 0.545. The molecule has 0 atom stereocenters. The summed E-state index contributed by atoms with van der Waals surface area (Å²) in [4.78, 5) is 27.7. The molecule has 0 aliphatic heterocycles. The number of carbonyl (C=O) groups excluding carboxylic acids is 1. The molecule has 3 rings (SSSR count). The zero-order valence-electron chi connectivity index (χ0n) is 13.9. The van der Waals surface area contributed by atoms with Crippen LogP contribution in [-0.2, 0) is 11.3 Å². The Balaban J connectivity index is 1.48. The van der Waals surface area contributed by atoms with Gasteiger partial charge in [-0.15, -0.1) is 0 Å². The highest BCUT2D eigenvalue weighted by molar-refractivity contribution is 5.84. The Morgan fingerprint density at radius 2 is 1.96 bits per heavy atom. The van der Waals surface area contributed by atoms with Gasteiger partial charge in [0.1, 0.15) is 5.75 Å². The molecule has 6 heteroatoms. The van der Waals surface area contributed by atoms with Gasteiger partial charge in [-0.2, -0.15) is 0 Å². The van der Waals surface area contributed by atoms with Crippen LogP contribution in [0, 0.1) is 6.92 Å². The first-order valence-corrected chi connectivity index (χ1v) is 8.03. The molecule has 128 valence electrons. The number of carbonyl (C=O) groups is 1. The highest BCUT2D eigenvalue weighted by Gasteiger charge is 2.04. The van der Waals surface area contributed by atoms with Gasteiger partial charge in [-0.3, -0.25) is 14.2 Å². The van der Waals surface area contributed by atoms with E-state index < -0.39 is 0 Å². The number of nitrogens with one attached hydrogen (secondary N) is 1. The van der Waals surface area contributed by atoms with Crippen molar-refractivity contribution in [3.05, 3.63) is 70.9 Å². The molecule has 0 saturated heterocycles. The molecule has 25 heavy (non-hydrogen) atoms. The van der Waals surface area contributed by atoms with Crippen LogP contribution in [0.4, 0.5) is 0 Å². The van der Waals surface area contributed by atoms with Crippen LogP contribution in [0.3, 0.4) is 0 Å². The molecule has 1 amide bonds. The quantitative estimate of drug-likeness (QED) is 0.746. The Hall–Kier alpha value is -3.15. The molecule has 0 radical (unpaired) electrons. The normalized spacial score (nSPS) is 10.6. The number of rotatable bonds is 6. The Kier molecular flexibility index (Phi) is 5.09. The summed E-state index contributed by atoms with van der Waals surface area (Å²) in [6, 6.07) is 15.1. The van der Waals surface area contributed by atoms with Crippen molar-refractivity contribution in [2.75, 3.05) is 13.2 Å². The van der Waals surface area contributed by atoms with E-state index in [9.17, 15) is 9.59 Å². The molecule has 0 saturated carbocycles. The number of ether oxygens (including phenoxy) is 1. The first kappa shape index (κ1) is 16.7. The number of aromatic nitrogens is 2. The second-order valence-corrected chi connectivity index (χ2v) is 5.71. The lowest BCUT2D eigenvalue weighted by Gasteiger charge is -2.09. The molecular weight excluding hydrogens is 318 g/mol. The largest absolute Gasteiger partial charge is 0.484 e. The van der Waals surface area contributed by atoms with Gasteiger partial charge in [-0.25, -0.2) is 4.98 Å². The van der Waals surface area contributed by atoms with Crippen LogP contribution >= 0.6 is 0 Å². The number of benzene rings is 2. The second kappa shape index (κ2) is 7.61. The molecule has 6 nitrogen and oxygen atoms in total. The van der Waals surface area contributed by atoms with Crippen LogP contribution in [0.25, 0.3) is 10.8 Å². The van der Waals surface area contributed by atoms with Crippen LogP contribution in [0.15, 0.2) is 59.7 Å². The molecule has 0 fully saturated rings. The third-order valence-corrected chi connectivity index (χ3v) is 3.78. The number of nitrogens with zero attached hydrogens (tertiary/aromatic N) is 2. The third-order valence-electron chi connectivity index (χ3n) is 3.78. The van der Waals surface area contributed by atoms with E-state index in [1.54, 1.807) is 6.92 Å². The average Bonchev–Trinajstić information content (AvgIpc) is 2.61. The number of hydrogen-bond donors (Lipinski definition) is 1. The van der Waals surface area contributed by atoms with Crippen molar-refractivity contribution in [2.24, 2.45) is 0 Å².